The summed E-state index contributed by atoms with van der Waals surface area (Å²) in [6.07, 6.45) is 4.59. The molecule has 0 aliphatic heterocycles. The van der Waals surface area contributed by atoms with E-state index in [0.717, 1.165) is 24.8 Å². The van der Waals surface area contributed by atoms with E-state index in [9.17, 15) is 9.59 Å². The number of hydrogen-bond acceptors (Lipinski definition) is 3. The van der Waals surface area contributed by atoms with E-state index in [2.05, 4.69) is 21.8 Å². The van der Waals surface area contributed by atoms with Gasteiger partial charge in [0.25, 0.3) is 0 Å². The van der Waals surface area contributed by atoms with Gasteiger partial charge in [-0.25, -0.2) is 0 Å². The van der Waals surface area contributed by atoms with Gasteiger partial charge in [-0.15, -0.1) is 0 Å². The third-order valence-electron chi connectivity index (χ3n) is 4.26. The van der Waals surface area contributed by atoms with Crippen molar-refractivity contribution in [3.63, 3.8) is 0 Å². The number of likely N-dealkylation sites (N-methyl/N-ethyl adjacent to an activating group) is 1. The smallest absolute Gasteiger partial charge is 0.241 e. The largest absolute Gasteiger partial charge is 0.355 e. The molecule has 2 N–H and O–H groups in total. The molecular formula is C18H22N4O2. The number of hydrogen-bond donors (Lipinski definition) is 2. The van der Waals surface area contributed by atoms with Crippen LogP contribution in [0.3, 0.4) is 0 Å². The number of nitrogens with zero attached hydrogens (tertiary/aromatic N) is 2. The maximum Gasteiger partial charge on any atom is 0.241 e. The second kappa shape index (κ2) is 7.29. The van der Waals surface area contributed by atoms with Crippen LogP contribution in [0.25, 0.3) is 0 Å². The van der Waals surface area contributed by atoms with Crippen molar-refractivity contribution in [3.8, 4) is 0 Å². The topological polar surface area (TPSA) is 76.0 Å². The van der Waals surface area contributed by atoms with Crippen molar-refractivity contribution < 1.29 is 9.59 Å². The van der Waals surface area contributed by atoms with E-state index >= 15 is 0 Å². The molecule has 126 valence electrons. The van der Waals surface area contributed by atoms with Gasteiger partial charge in [0.15, 0.2) is 5.82 Å². The first-order chi connectivity index (χ1) is 11.7. The third kappa shape index (κ3) is 3.64. The Morgan fingerprint density at radius 1 is 1.29 bits per heavy atom. The van der Waals surface area contributed by atoms with Crippen LogP contribution in [0.4, 0.5) is 5.82 Å². The van der Waals surface area contributed by atoms with Crippen molar-refractivity contribution in [2.24, 2.45) is 0 Å². The lowest BCUT2D eigenvalue weighted by atomic mass is 9.82. The molecular weight excluding hydrogens is 304 g/mol. The number of benzene rings is 1. The lowest BCUT2D eigenvalue weighted by molar-refractivity contribution is -0.121. The van der Waals surface area contributed by atoms with E-state index in [0.29, 0.717) is 12.4 Å². The fourth-order valence-corrected chi connectivity index (χ4v) is 3.16. The molecule has 0 fully saturated rings. The van der Waals surface area contributed by atoms with Gasteiger partial charge in [0.1, 0.15) is 6.54 Å². The molecule has 0 saturated heterocycles. The Bertz CT molecular complexity index is 738. The molecule has 0 unspecified atom stereocenters. The summed E-state index contributed by atoms with van der Waals surface area (Å²) in [6, 6.07) is 9.84. The third-order valence-corrected chi connectivity index (χ3v) is 4.26. The number of anilines is 1. The van der Waals surface area contributed by atoms with Crippen molar-refractivity contribution in [2.75, 3.05) is 11.9 Å². The van der Waals surface area contributed by atoms with Crippen molar-refractivity contribution in [1.82, 2.24) is 15.1 Å². The van der Waals surface area contributed by atoms with E-state index < -0.39 is 0 Å². The molecule has 0 saturated carbocycles. The number of aryl methyl sites for hydroxylation is 1. The molecule has 24 heavy (non-hydrogen) atoms. The normalized spacial score (nSPS) is 16.3. The predicted octanol–water partition coefficient (Wildman–Crippen LogP) is 2.08. The molecule has 0 radical (unpaired) electrons. The molecule has 0 bridgehead atoms. The van der Waals surface area contributed by atoms with E-state index in [-0.39, 0.29) is 24.3 Å². The molecule has 0 spiro atoms. The number of rotatable bonds is 5. The highest BCUT2D eigenvalue weighted by Gasteiger charge is 2.26. The Labute approximate surface area is 141 Å². The molecule has 1 atom stereocenters. The summed E-state index contributed by atoms with van der Waals surface area (Å²) in [6.45, 7) is 2.61. The Morgan fingerprint density at radius 3 is 2.96 bits per heavy atom. The highest BCUT2D eigenvalue weighted by molar-refractivity contribution is 5.95. The van der Waals surface area contributed by atoms with Gasteiger partial charge >= 0.3 is 0 Å². The quantitative estimate of drug-likeness (QED) is 0.883. The van der Waals surface area contributed by atoms with Gasteiger partial charge in [-0.05, 0) is 37.3 Å². The number of carbonyl (C=O) groups is 2. The van der Waals surface area contributed by atoms with Gasteiger partial charge in [-0.2, -0.15) is 5.10 Å². The summed E-state index contributed by atoms with van der Waals surface area (Å²) >= 11 is 0. The minimum atomic E-state index is -0.136. The van der Waals surface area contributed by atoms with Crippen LogP contribution >= 0.6 is 0 Å². The molecule has 3 rings (SSSR count). The minimum absolute atomic E-state index is 0.0367. The molecule has 1 heterocycles. The zero-order valence-corrected chi connectivity index (χ0v) is 13.8. The maximum absolute atomic E-state index is 12.6. The van der Waals surface area contributed by atoms with Crippen LogP contribution in [0.2, 0.25) is 0 Å². The summed E-state index contributed by atoms with van der Waals surface area (Å²) in [5.41, 5.74) is 2.37. The highest BCUT2D eigenvalue weighted by Crippen LogP contribution is 2.32. The van der Waals surface area contributed by atoms with Gasteiger partial charge < -0.3 is 10.6 Å². The zero-order chi connectivity index (χ0) is 16.9. The first-order valence-electron chi connectivity index (χ1n) is 8.36. The van der Waals surface area contributed by atoms with Crippen LogP contribution in [0, 0.1) is 0 Å². The maximum atomic E-state index is 12.6. The number of carbonyl (C=O) groups excluding carboxylic acids is 2. The second-order valence-electron chi connectivity index (χ2n) is 5.98. The monoisotopic (exact) mass is 326 g/mol. The average Bonchev–Trinajstić information content (AvgIpc) is 3.01. The fourth-order valence-electron chi connectivity index (χ4n) is 3.16. The lowest BCUT2D eigenvalue weighted by Gasteiger charge is -2.24. The molecule has 2 amide bonds. The summed E-state index contributed by atoms with van der Waals surface area (Å²) in [5.74, 6) is 0.209. The first-order valence-corrected chi connectivity index (χ1v) is 8.36. The fraction of sp³-hybridized carbons (Fsp3) is 0.389. The molecule has 2 aromatic rings. The average molecular weight is 326 g/mol. The van der Waals surface area contributed by atoms with Crippen molar-refractivity contribution in [2.45, 2.75) is 38.6 Å². The molecule has 1 aliphatic carbocycles. The summed E-state index contributed by atoms with van der Waals surface area (Å²) in [7, 11) is 0. The van der Waals surface area contributed by atoms with Crippen LogP contribution in [0.5, 0.6) is 0 Å². The highest BCUT2D eigenvalue weighted by atomic mass is 16.2. The number of amides is 2. The number of aromatic nitrogens is 2. The molecule has 6 heteroatoms. The Hall–Kier alpha value is -2.63. The van der Waals surface area contributed by atoms with Gasteiger partial charge in [-0.1, -0.05) is 24.3 Å². The van der Waals surface area contributed by atoms with Gasteiger partial charge in [0.05, 0.1) is 5.92 Å². The van der Waals surface area contributed by atoms with Crippen LogP contribution in [0.15, 0.2) is 36.5 Å². The van der Waals surface area contributed by atoms with E-state index in [1.807, 2.05) is 25.1 Å². The van der Waals surface area contributed by atoms with Crippen molar-refractivity contribution in [1.29, 1.82) is 0 Å². The zero-order valence-electron chi connectivity index (χ0n) is 13.8. The van der Waals surface area contributed by atoms with Crippen LogP contribution in [-0.4, -0.2) is 28.1 Å². The predicted molar refractivity (Wildman–Crippen MR) is 91.7 cm³/mol. The SMILES string of the molecule is CCNC(=O)Cn1ccc(NC(=O)[C@H]2CCCc3ccccc32)n1. The van der Waals surface area contributed by atoms with E-state index in [1.165, 1.54) is 10.2 Å². The Kier molecular flexibility index (Phi) is 4.93. The summed E-state index contributed by atoms with van der Waals surface area (Å²) < 4.78 is 1.52. The lowest BCUT2D eigenvalue weighted by Crippen LogP contribution is -2.27. The number of nitrogens with one attached hydrogen (secondary N) is 2. The van der Waals surface area contributed by atoms with Crippen molar-refractivity contribution >= 4 is 17.6 Å². The Morgan fingerprint density at radius 2 is 2.12 bits per heavy atom. The van der Waals surface area contributed by atoms with Crippen LogP contribution in [-0.2, 0) is 22.6 Å². The van der Waals surface area contributed by atoms with Gasteiger partial charge in [-0.3, -0.25) is 14.3 Å². The Balaban J connectivity index is 1.66. The minimum Gasteiger partial charge on any atom is -0.355 e. The molecule has 6 nitrogen and oxygen atoms in total. The number of fused-ring (bicyclic) bond motifs is 1. The second-order valence-corrected chi connectivity index (χ2v) is 5.98. The molecule has 1 aliphatic rings. The van der Waals surface area contributed by atoms with E-state index in [4.69, 9.17) is 0 Å². The van der Waals surface area contributed by atoms with Gasteiger partial charge in [0.2, 0.25) is 11.8 Å². The summed E-state index contributed by atoms with van der Waals surface area (Å²) in [4.78, 5) is 24.2. The summed E-state index contributed by atoms with van der Waals surface area (Å²) in [5, 5.41) is 9.84. The standard InChI is InChI=1S/C18H22N4O2/c1-2-19-17(23)12-22-11-10-16(21-22)20-18(24)15-9-5-7-13-6-3-4-8-14(13)15/h3-4,6,8,10-11,15H,2,5,7,9,12H2,1H3,(H,19,23)(H,20,21,24)/t15-/m0/s1. The first kappa shape index (κ1) is 16.2. The van der Waals surface area contributed by atoms with E-state index in [1.54, 1.807) is 12.3 Å². The van der Waals surface area contributed by atoms with Gasteiger partial charge in [0, 0.05) is 18.8 Å². The molecule has 1 aromatic heterocycles. The van der Waals surface area contributed by atoms with Crippen molar-refractivity contribution in [3.05, 3.63) is 47.7 Å². The van der Waals surface area contributed by atoms with Crippen LogP contribution < -0.4 is 10.6 Å². The molecule has 1 aromatic carbocycles. The van der Waals surface area contributed by atoms with Crippen LogP contribution in [0.1, 0.15) is 36.8 Å².